The Labute approximate surface area is 212 Å². The van der Waals surface area contributed by atoms with Crippen LogP contribution in [0.25, 0.3) is 16.6 Å². The Hall–Kier alpha value is -2.75. The predicted molar refractivity (Wildman–Crippen MR) is 133 cm³/mol. The third-order valence-electron chi connectivity index (χ3n) is 7.28. The van der Waals surface area contributed by atoms with E-state index in [0.717, 1.165) is 62.4 Å². The number of halogens is 4. The van der Waals surface area contributed by atoms with Crippen LogP contribution < -0.4 is 5.32 Å². The summed E-state index contributed by atoms with van der Waals surface area (Å²) < 4.78 is 42.7. The third-order valence-corrected chi connectivity index (χ3v) is 7.52. The van der Waals surface area contributed by atoms with Crippen molar-refractivity contribution in [2.75, 3.05) is 26.2 Å². The molecule has 2 atom stereocenters. The highest BCUT2D eigenvalue weighted by Crippen LogP contribution is 2.38. The Morgan fingerprint density at radius 1 is 1.25 bits per heavy atom. The maximum atomic E-state index is 13.7. The summed E-state index contributed by atoms with van der Waals surface area (Å²) in [6.45, 7) is 4.80. The second kappa shape index (κ2) is 9.61. The van der Waals surface area contributed by atoms with E-state index in [4.69, 9.17) is 11.6 Å². The summed E-state index contributed by atoms with van der Waals surface area (Å²) in [7, 11) is 0. The Morgan fingerprint density at radius 2 is 2.08 bits per heavy atom. The van der Waals surface area contributed by atoms with Crippen molar-refractivity contribution in [1.82, 2.24) is 25.2 Å². The first-order valence-corrected chi connectivity index (χ1v) is 12.4. The van der Waals surface area contributed by atoms with Crippen LogP contribution in [0.1, 0.15) is 48.9 Å². The second-order valence-corrected chi connectivity index (χ2v) is 10.1. The zero-order valence-corrected chi connectivity index (χ0v) is 20.6. The third kappa shape index (κ3) is 4.79. The number of aldehydes is 1. The van der Waals surface area contributed by atoms with Crippen LogP contribution in [0.3, 0.4) is 0 Å². The molecule has 1 aromatic heterocycles. The molecule has 0 radical (unpaired) electrons. The van der Waals surface area contributed by atoms with Gasteiger partial charge in [-0.1, -0.05) is 35.0 Å². The summed E-state index contributed by atoms with van der Waals surface area (Å²) >= 11 is 5.86. The van der Waals surface area contributed by atoms with Gasteiger partial charge in [-0.05, 0) is 73.7 Å². The number of rotatable bonds is 6. The van der Waals surface area contributed by atoms with Crippen molar-refractivity contribution in [2.45, 2.75) is 43.9 Å². The second-order valence-electron chi connectivity index (χ2n) is 9.66. The average Bonchev–Trinajstić information content (AvgIpc) is 3.51. The number of fused-ring (bicyclic) bond motifs is 1. The Bertz CT molecular complexity index is 1310. The van der Waals surface area contributed by atoms with Crippen molar-refractivity contribution in [3.05, 3.63) is 64.2 Å². The van der Waals surface area contributed by atoms with E-state index in [1.807, 2.05) is 18.2 Å². The first-order valence-electron chi connectivity index (χ1n) is 12.0. The standard InChI is InChI=1S/C26H27ClF3N5O/c1-17(21-5-4-20(27)14-22(21)26(28,29)30)35-24-13-19(3-6-23(24)32-33-35)18-7-11-34(12-8-18)15-25(16-36)9-2-10-31-25/h3-7,13-14,16-17,31H,2,8-12,15H2,1H3. The van der Waals surface area contributed by atoms with Crippen LogP contribution in [0.2, 0.25) is 5.02 Å². The summed E-state index contributed by atoms with van der Waals surface area (Å²) in [5.74, 6) is 0. The van der Waals surface area contributed by atoms with Gasteiger partial charge in [0.05, 0.1) is 22.7 Å². The van der Waals surface area contributed by atoms with Crippen LogP contribution in [-0.2, 0) is 11.0 Å². The molecule has 0 saturated carbocycles. The van der Waals surface area contributed by atoms with E-state index in [1.165, 1.54) is 16.8 Å². The normalized spacial score (nSPS) is 22.1. The van der Waals surface area contributed by atoms with Crippen molar-refractivity contribution < 1.29 is 18.0 Å². The molecule has 2 unspecified atom stereocenters. The Kier molecular flexibility index (Phi) is 6.65. The van der Waals surface area contributed by atoms with Crippen molar-refractivity contribution in [1.29, 1.82) is 0 Å². The molecule has 3 heterocycles. The number of alkyl halides is 3. The largest absolute Gasteiger partial charge is 0.416 e. The average molecular weight is 518 g/mol. The zero-order valence-electron chi connectivity index (χ0n) is 19.9. The van der Waals surface area contributed by atoms with E-state index in [2.05, 4.69) is 26.6 Å². The van der Waals surface area contributed by atoms with Crippen molar-refractivity contribution >= 4 is 34.5 Å². The summed E-state index contributed by atoms with van der Waals surface area (Å²) in [5, 5.41) is 11.8. The van der Waals surface area contributed by atoms with Gasteiger partial charge in [0.2, 0.25) is 0 Å². The first kappa shape index (κ1) is 24.9. The minimum atomic E-state index is -4.54. The van der Waals surface area contributed by atoms with Gasteiger partial charge in [0.15, 0.2) is 0 Å². The van der Waals surface area contributed by atoms with Gasteiger partial charge in [-0.25, -0.2) is 4.68 Å². The van der Waals surface area contributed by atoms with E-state index in [9.17, 15) is 18.0 Å². The van der Waals surface area contributed by atoms with Gasteiger partial charge in [-0.3, -0.25) is 4.90 Å². The highest BCUT2D eigenvalue weighted by Gasteiger charge is 2.36. The summed E-state index contributed by atoms with van der Waals surface area (Å²) in [6, 6.07) is 8.88. The van der Waals surface area contributed by atoms with Crippen molar-refractivity contribution in [3.63, 3.8) is 0 Å². The number of hydrogen-bond acceptors (Lipinski definition) is 5. The molecule has 36 heavy (non-hydrogen) atoms. The van der Waals surface area contributed by atoms with Gasteiger partial charge in [0.1, 0.15) is 11.8 Å². The molecule has 2 aliphatic heterocycles. The highest BCUT2D eigenvalue weighted by atomic mass is 35.5. The van der Waals surface area contributed by atoms with E-state index in [0.29, 0.717) is 17.6 Å². The van der Waals surface area contributed by atoms with Gasteiger partial charge in [0, 0.05) is 24.7 Å². The van der Waals surface area contributed by atoms with Crippen LogP contribution >= 0.6 is 11.6 Å². The Balaban J connectivity index is 1.41. The molecule has 3 aromatic rings. The molecular weight excluding hydrogens is 491 g/mol. The van der Waals surface area contributed by atoms with Gasteiger partial charge in [-0.15, -0.1) is 5.10 Å². The lowest BCUT2D eigenvalue weighted by Crippen LogP contribution is -2.52. The summed E-state index contributed by atoms with van der Waals surface area (Å²) in [4.78, 5) is 14.0. The van der Waals surface area contributed by atoms with Crippen LogP contribution in [0, 0.1) is 0 Å². The Morgan fingerprint density at radius 3 is 2.75 bits per heavy atom. The number of carbonyl (C=O) groups excluding carboxylic acids is 1. The van der Waals surface area contributed by atoms with Gasteiger partial charge in [0.25, 0.3) is 0 Å². The SMILES string of the molecule is CC(c1ccc(Cl)cc1C(F)(F)F)n1nnc2ccc(C3=CCN(CC4(C=O)CCCN4)CC3)cc21. The fourth-order valence-corrected chi connectivity index (χ4v) is 5.48. The lowest BCUT2D eigenvalue weighted by molar-refractivity contribution is -0.138. The molecule has 0 bridgehead atoms. The number of aromatic nitrogens is 3. The van der Waals surface area contributed by atoms with Gasteiger partial charge >= 0.3 is 6.18 Å². The lowest BCUT2D eigenvalue weighted by atomic mass is 9.95. The van der Waals surface area contributed by atoms with Crippen LogP contribution in [0.5, 0.6) is 0 Å². The molecule has 2 aliphatic rings. The molecule has 10 heteroatoms. The van der Waals surface area contributed by atoms with Crippen molar-refractivity contribution in [2.24, 2.45) is 0 Å². The molecule has 0 spiro atoms. The van der Waals surface area contributed by atoms with Crippen LogP contribution in [-0.4, -0.2) is 57.9 Å². The molecule has 1 fully saturated rings. The molecule has 0 aliphatic carbocycles. The number of carbonyl (C=O) groups is 1. The molecule has 1 N–H and O–H groups in total. The molecule has 5 rings (SSSR count). The molecule has 190 valence electrons. The zero-order chi connectivity index (χ0) is 25.5. The first-order chi connectivity index (χ1) is 17.2. The monoisotopic (exact) mass is 517 g/mol. The van der Waals surface area contributed by atoms with Crippen LogP contribution in [0.4, 0.5) is 13.2 Å². The topological polar surface area (TPSA) is 63.1 Å². The molecular formula is C26H27ClF3N5O. The minimum Gasteiger partial charge on any atom is -0.304 e. The number of benzene rings is 2. The number of hydrogen-bond donors (Lipinski definition) is 1. The summed E-state index contributed by atoms with van der Waals surface area (Å²) in [6.07, 6.45) is 1.36. The van der Waals surface area contributed by atoms with Gasteiger partial charge < -0.3 is 10.1 Å². The molecule has 0 amide bonds. The maximum Gasteiger partial charge on any atom is 0.416 e. The molecule has 1 saturated heterocycles. The molecule has 6 nitrogen and oxygen atoms in total. The van der Waals surface area contributed by atoms with E-state index in [-0.39, 0.29) is 10.6 Å². The van der Waals surface area contributed by atoms with Crippen LogP contribution in [0.15, 0.2) is 42.5 Å². The maximum absolute atomic E-state index is 13.7. The van der Waals surface area contributed by atoms with E-state index < -0.39 is 23.3 Å². The minimum absolute atomic E-state index is 0.0325. The number of nitrogens with zero attached hydrogens (tertiary/aromatic N) is 4. The highest BCUT2D eigenvalue weighted by molar-refractivity contribution is 6.30. The van der Waals surface area contributed by atoms with E-state index in [1.54, 1.807) is 6.92 Å². The lowest BCUT2D eigenvalue weighted by Gasteiger charge is -2.33. The van der Waals surface area contributed by atoms with E-state index >= 15 is 0 Å². The van der Waals surface area contributed by atoms with Gasteiger partial charge in [-0.2, -0.15) is 13.2 Å². The predicted octanol–water partition coefficient (Wildman–Crippen LogP) is 5.12. The summed E-state index contributed by atoms with van der Waals surface area (Å²) in [5.41, 5.74) is 2.30. The quantitative estimate of drug-likeness (QED) is 0.460. The fourth-order valence-electron chi connectivity index (χ4n) is 5.31. The molecule has 2 aromatic carbocycles. The fraction of sp³-hybridized carbons (Fsp3) is 0.423. The van der Waals surface area contributed by atoms with Crippen molar-refractivity contribution in [3.8, 4) is 0 Å². The smallest absolute Gasteiger partial charge is 0.304 e. The number of nitrogens with one attached hydrogen (secondary N) is 1.